The zero-order chi connectivity index (χ0) is 15.9. The molecule has 0 spiro atoms. The fraction of sp³-hybridized carbons (Fsp3) is 0.500. The van der Waals surface area contributed by atoms with Gasteiger partial charge in [-0.25, -0.2) is 4.79 Å². The standard InChI is InChI=1S/C14H17F3O4/c1-3-5-12(13(18)19-4-2)20-10-6-8-11(9-7-10)21-14(15,16)17/h6-9,12H,3-5H2,1-2H3. The number of benzene rings is 1. The lowest BCUT2D eigenvalue weighted by Crippen LogP contribution is -2.29. The molecule has 0 bridgehead atoms. The van der Waals surface area contributed by atoms with Gasteiger partial charge in [-0.2, -0.15) is 0 Å². The van der Waals surface area contributed by atoms with E-state index in [0.717, 1.165) is 12.1 Å². The van der Waals surface area contributed by atoms with Gasteiger partial charge in [-0.3, -0.25) is 0 Å². The largest absolute Gasteiger partial charge is 0.573 e. The second kappa shape index (κ2) is 7.75. The van der Waals surface area contributed by atoms with Crippen LogP contribution in [0.15, 0.2) is 24.3 Å². The summed E-state index contributed by atoms with van der Waals surface area (Å²) in [6, 6.07) is 4.86. The lowest BCUT2D eigenvalue weighted by atomic mass is 10.2. The van der Waals surface area contributed by atoms with Crippen LogP contribution in [0.1, 0.15) is 26.7 Å². The summed E-state index contributed by atoms with van der Waals surface area (Å²) in [5, 5.41) is 0. The highest BCUT2D eigenvalue weighted by atomic mass is 19.4. The molecule has 0 aromatic heterocycles. The van der Waals surface area contributed by atoms with E-state index in [1.807, 2.05) is 6.92 Å². The predicted octanol–water partition coefficient (Wildman–Crippen LogP) is 3.70. The molecule has 0 saturated carbocycles. The molecule has 1 aromatic carbocycles. The van der Waals surface area contributed by atoms with Crippen molar-refractivity contribution in [3.63, 3.8) is 0 Å². The van der Waals surface area contributed by atoms with Crippen molar-refractivity contribution in [1.29, 1.82) is 0 Å². The van der Waals surface area contributed by atoms with E-state index in [4.69, 9.17) is 9.47 Å². The molecular formula is C14H17F3O4. The Morgan fingerprint density at radius 2 is 1.71 bits per heavy atom. The maximum atomic E-state index is 12.0. The van der Waals surface area contributed by atoms with Crippen molar-refractivity contribution in [3.05, 3.63) is 24.3 Å². The third-order valence-electron chi connectivity index (χ3n) is 2.44. The summed E-state index contributed by atoms with van der Waals surface area (Å²) >= 11 is 0. The molecule has 1 aromatic rings. The third kappa shape index (κ3) is 6.37. The number of carbonyl (C=O) groups excluding carboxylic acids is 1. The summed E-state index contributed by atoms with van der Waals surface area (Å²) in [5.41, 5.74) is 0. The molecule has 0 aliphatic heterocycles. The molecular weight excluding hydrogens is 289 g/mol. The van der Waals surface area contributed by atoms with Crippen molar-refractivity contribution >= 4 is 5.97 Å². The Morgan fingerprint density at radius 1 is 1.14 bits per heavy atom. The minimum absolute atomic E-state index is 0.237. The van der Waals surface area contributed by atoms with Crippen molar-refractivity contribution in [2.75, 3.05) is 6.61 Å². The first-order valence-corrected chi connectivity index (χ1v) is 6.54. The van der Waals surface area contributed by atoms with Crippen LogP contribution in [0.5, 0.6) is 11.5 Å². The molecule has 4 nitrogen and oxygen atoms in total. The monoisotopic (exact) mass is 306 g/mol. The molecule has 1 rings (SSSR count). The molecule has 7 heteroatoms. The average molecular weight is 306 g/mol. The topological polar surface area (TPSA) is 44.8 Å². The van der Waals surface area contributed by atoms with Crippen LogP contribution >= 0.6 is 0 Å². The molecule has 1 unspecified atom stereocenters. The normalized spacial score (nSPS) is 12.6. The number of hydrogen-bond donors (Lipinski definition) is 0. The molecule has 118 valence electrons. The summed E-state index contributed by atoms with van der Waals surface area (Å²) < 4.78 is 50.2. The molecule has 0 radical (unpaired) electrons. The van der Waals surface area contributed by atoms with E-state index in [1.54, 1.807) is 6.92 Å². The van der Waals surface area contributed by atoms with Crippen LogP contribution in [-0.2, 0) is 9.53 Å². The zero-order valence-corrected chi connectivity index (χ0v) is 11.8. The second-order valence-corrected chi connectivity index (χ2v) is 4.17. The van der Waals surface area contributed by atoms with Gasteiger partial charge >= 0.3 is 12.3 Å². The molecule has 0 saturated heterocycles. The van der Waals surface area contributed by atoms with Crippen LogP contribution in [0.3, 0.4) is 0 Å². The maximum absolute atomic E-state index is 12.0. The van der Waals surface area contributed by atoms with Gasteiger partial charge in [-0.1, -0.05) is 13.3 Å². The maximum Gasteiger partial charge on any atom is 0.573 e. The van der Waals surface area contributed by atoms with Gasteiger partial charge in [-0.05, 0) is 37.6 Å². The number of halogens is 3. The first-order valence-electron chi connectivity index (χ1n) is 6.54. The minimum Gasteiger partial charge on any atom is -0.479 e. The Morgan fingerprint density at radius 3 is 2.19 bits per heavy atom. The van der Waals surface area contributed by atoms with Gasteiger partial charge in [-0.15, -0.1) is 13.2 Å². The number of alkyl halides is 3. The molecule has 0 aliphatic carbocycles. The van der Waals surface area contributed by atoms with Crippen molar-refractivity contribution < 1.29 is 32.2 Å². The van der Waals surface area contributed by atoms with Gasteiger partial charge in [0.05, 0.1) is 6.61 Å². The van der Waals surface area contributed by atoms with E-state index >= 15 is 0 Å². The predicted molar refractivity (Wildman–Crippen MR) is 69.1 cm³/mol. The highest BCUT2D eigenvalue weighted by Crippen LogP contribution is 2.25. The summed E-state index contributed by atoms with van der Waals surface area (Å²) in [6.45, 7) is 3.81. The van der Waals surface area contributed by atoms with E-state index < -0.39 is 18.4 Å². The molecule has 0 amide bonds. The summed E-state index contributed by atoms with van der Waals surface area (Å²) in [5.74, 6) is -0.566. The van der Waals surface area contributed by atoms with E-state index in [9.17, 15) is 18.0 Å². The quantitative estimate of drug-likeness (QED) is 0.721. The van der Waals surface area contributed by atoms with Crippen LogP contribution in [-0.4, -0.2) is 25.0 Å². The van der Waals surface area contributed by atoms with Gasteiger partial charge < -0.3 is 14.2 Å². The van der Waals surface area contributed by atoms with Crippen LogP contribution in [0.25, 0.3) is 0 Å². The van der Waals surface area contributed by atoms with Crippen LogP contribution in [0, 0.1) is 0 Å². The number of rotatable bonds is 7. The number of carbonyl (C=O) groups is 1. The molecule has 0 heterocycles. The Kier molecular flexibility index (Phi) is 6.33. The van der Waals surface area contributed by atoms with Crippen molar-refractivity contribution in [3.8, 4) is 11.5 Å². The summed E-state index contributed by atoms with van der Waals surface area (Å²) in [6.07, 6.45) is -4.35. The van der Waals surface area contributed by atoms with Crippen LogP contribution in [0.4, 0.5) is 13.2 Å². The Bertz CT molecular complexity index is 443. The summed E-state index contributed by atoms with van der Waals surface area (Å²) in [4.78, 5) is 11.7. The fourth-order valence-electron chi connectivity index (χ4n) is 1.61. The Balaban J connectivity index is 2.69. The molecule has 0 fully saturated rings. The van der Waals surface area contributed by atoms with Crippen molar-refractivity contribution in [1.82, 2.24) is 0 Å². The zero-order valence-electron chi connectivity index (χ0n) is 11.8. The molecule has 0 N–H and O–H groups in total. The van der Waals surface area contributed by atoms with Gasteiger partial charge in [0.15, 0.2) is 6.10 Å². The van der Waals surface area contributed by atoms with E-state index in [-0.39, 0.29) is 18.1 Å². The smallest absolute Gasteiger partial charge is 0.479 e. The number of esters is 1. The lowest BCUT2D eigenvalue weighted by Gasteiger charge is -2.17. The first-order chi connectivity index (χ1) is 9.85. The summed E-state index contributed by atoms with van der Waals surface area (Å²) in [7, 11) is 0. The Labute approximate surface area is 120 Å². The van der Waals surface area contributed by atoms with Gasteiger partial charge in [0, 0.05) is 0 Å². The number of hydrogen-bond acceptors (Lipinski definition) is 4. The molecule has 21 heavy (non-hydrogen) atoms. The first kappa shape index (κ1) is 17.1. The molecule has 0 aliphatic rings. The minimum atomic E-state index is -4.74. The van der Waals surface area contributed by atoms with Gasteiger partial charge in [0.1, 0.15) is 11.5 Å². The molecule has 1 atom stereocenters. The Hall–Kier alpha value is -1.92. The third-order valence-corrected chi connectivity index (χ3v) is 2.44. The fourth-order valence-corrected chi connectivity index (χ4v) is 1.61. The van der Waals surface area contributed by atoms with Gasteiger partial charge in [0.25, 0.3) is 0 Å². The highest BCUT2D eigenvalue weighted by Gasteiger charge is 2.31. The lowest BCUT2D eigenvalue weighted by molar-refractivity contribution is -0.274. The van der Waals surface area contributed by atoms with Crippen molar-refractivity contribution in [2.45, 2.75) is 39.2 Å². The van der Waals surface area contributed by atoms with Crippen LogP contribution in [0.2, 0.25) is 0 Å². The van der Waals surface area contributed by atoms with E-state index in [2.05, 4.69) is 4.74 Å². The van der Waals surface area contributed by atoms with Crippen molar-refractivity contribution in [2.24, 2.45) is 0 Å². The highest BCUT2D eigenvalue weighted by molar-refractivity contribution is 5.75. The van der Waals surface area contributed by atoms with Crippen LogP contribution < -0.4 is 9.47 Å². The second-order valence-electron chi connectivity index (χ2n) is 4.17. The van der Waals surface area contributed by atoms with E-state index in [1.165, 1.54) is 12.1 Å². The average Bonchev–Trinajstić information content (AvgIpc) is 2.39. The number of ether oxygens (including phenoxy) is 3. The van der Waals surface area contributed by atoms with E-state index in [0.29, 0.717) is 12.8 Å². The SMILES string of the molecule is CCCC(Oc1ccc(OC(F)(F)F)cc1)C(=O)OCC. The van der Waals surface area contributed by atoms with Gasteiger partial charge in [0.2, 0.25) is 0 Å².